The maximum atomic E-state index is 4.33. The van der Waals surface area contributed by atoms with Gasteiger partial charge in [-0.05, 0) is 52.5 Å². The second-order valence-electron chi connectivity index (χ2n) is 6.69. The van der Waals surface area contributed by atoms with Gasteiger partial charge in [0.25, 0.3) is 0 Å². The van der Waals surface area contributed by atoms with Gasteiger partial charge in [0.15, 0.2) is 0 Å². The van der Waals surface area contributed by atoms with Crippen molar-refractivity contribution in [2.24, 2.45) is 5.92 Å². The van der Waals surface area contributed by atoms with Gasteiger partial charge in [-0.1, -0.05) is 0 Å². The van der Waals surface area contributed by atoms with Crippen LogP contribution in [0.5, 0.6) is 0 Å². The van der Waals surface area contributed by atoms with E-state index < -0.39 is 0 Å². The van der Waals surface area contributed by atoms with Crippen LogP contribution in [0.25, 0.3) is 0 Å². The summed E-state index contributed by atoms with van der Waals surface area (Å²) in [6.45, 7) is 7.85. The smallest absolute Gasteiger partial charge is 0.0950 e. The highest BCUT2D eigenvalue weighted by atomic mass is 15.1. The molecule has 1 aromatic heterocycles. The molecule has 3 rings (SSSR count). The zero-order valence-electron chi connectivity index (χ0n) is 11.1. The first kappa shape index (κ1) is 11.3. The Kier molecular flexibility index (Phi) is 2.54. The lowest BCUT2D eigenvalue weighted by Gasteiger charge is -2.20. The molecule has 2 fully saturated rings. The van der Waals surface area contributed by atoms with Crippen molar-refractivity contribution in [3.8, 4) is 0 Å². The number of nitrogens with one attached hydrogen (secondary N) is 1. The van der Waals surface area contributed by atoms with E-state index in [9.17, 15) is 0 Å². The molecule has 0 spiro atoms. The summed E-state index contributed by atoms with van der Waals surface area (Å²) in [5.74, 6) is 1.58. The molecule has 2 unspecified atom stereocenters. The van der Waals surface area contributed by atoms with E-state index in [1.165, 1.54) is 25.0 Å². The number of imidazole rings is 1. The molecule has 0 saturated heterocycles. The van der Waals surface area contributed by atoms with Crippen LogP contribution in [-0.4, -0.2) is 21.6 Å². The minimum absolute atomic E-state index is 0.240. The summed E-state index contributed by atoms with van der Waals surface area (Å²) in [6, 6.07) is 0.768. The normalized spacial score (nSPS) is 28.4. The van der Waals surface area contributed by atoms with Crippen LogP contribution >= 0.6 is 0 Å². The standard InChI is InChI=1S/C14H23N3/c1-14(2,3)16-7-10-6-12(10)13-8-15-9-17(13)11-4-5-11/h8-12,16H,4-7H2,1-3H3. The van der Waals surface area contributed by atoms with Crippen molar-refractivity contribution in [1.29, 1.82) is 0 Å². The summed E-state index contributed by atoms with van der Waals surface area (Å²) in [7, 11) is 0. The molecule has 1 aromatic rings. The summed E-state index contributed by atoms with van der Waals surface area (Å²) in [5, 5.41) is 3.61. The molecule has 17 heavy (non-hydrogen) atoms. The van der Waals surface area contributed by atoms with Crippen LogP contribution < -0.4 is 5.32 Å². The van der Waals surface area contributed by atoms with Crippen LogP contribution in [0.1, 0.15) is 57.7 Å². The molecule has 3 nitrogen and oxygen atoms in total. The molecule has 2 aliphatic rings. The molecule has 0 bridgehead atoms. The maximum Gasteiger partial charge on any atom is 0.0950 e. The molecular weight excluding hydrogens is 210 g/mol. The topological polar surface area (TPSA) is 29.9 Å². The molecule has 0 radical (unpaired) electrons. The highest BCUT2D eigenvalue weighted by Gasteiger charge is 2.42. The van der Waals surface area contributed by atoms with Crippen molar-refractivity contribution in [2.45, 2.75) is 57.5 Å². The van der Waals surface area contributed by atoms with Gasteiger partial charge in [-0.2, -0.15) is 0 Å². The Morgan fingerprint density at radius 3 is 2.82 bits per heavy atom. The van der Waals surface area contributed by atoms with Crippen molar-refractivity contribution in [1.82, 2.24) is 14.9 Å². The van der Waals surface area contributed by atoms with E-state index in [1.807, 2.05) is 6.33 Å². The van der Waals surface area contributed by atoms with Crippen LogP contribution in [0.2, 0.25) is 0 Å². The van der Waals surface area contributed by atoms with Crippen LogP contribution in [0, 0.1) is 5.92 Å². The Morgan fingerprint density at radius 2 is 2.18 bits per heavy atom. The molecule has 0 amide bonds. The predicted molar refractivity (Wildman–Crippen MR) is 69.1 cm³/mol. The van der Waals surface area contributed by atoms with E-state index in [1.54, 1.807) is 0 Å². The first-order chi connectivity index (χ1) is 8.04. The lowest BCUT2D eigenvalue weighted by atomic mass is 10.1. The molecule has 2 atom stereocenters. The summed E-state index contributed by atoms with van der Waals surface area (Å²) >= 11 is 0. The van der Waals surface area contributed by atoms with Crippen LogP contribution in [0.3, 0.4) is 0 Å². The second kappa shape index (κ2) is 3.84. The van der Waals surface area contributed by atoms with Crippen molar-refractivity contribution in [3.05, 3.63) is 18.2 Å². The van der Waals surface area contributed by atoms with Gasteiger partial charge in [-0.3, -0.25) is 0 Å². The number of hydrogen-bond donors (Lipinski definition) is 1. The van der Waals surface area contributed by atoms with E-state index in [-0.39, 0.29) is 5.54 Å². The van der Waals surface area contributed by atoms with Gasteiger partial charge in [0.1, 0.15) is 0 Å². The average Bonchev–Trinajstić information content (AvgIpc) is 3.15. The Bertz CT molecular complexity index is 398. The summed E-state index contributed by atoms with van der Waals surface area (Å²) in [5.41, 5.74) is 1.72. The molecule has 1 heterocycles. The minimum atomic E-state index is 0.240. The number of aromatic nitrogens is 2. The van der Waals surface area contributed by atoms with Crippen LogP contribution in [0.15, 0.2) is 12.5 Å². The van der Waals surface area contributed by atoms with Gasteiger partial charge in [0.05, 0.1) is 6.33 Å². The number of rotatable bonds is 4. The predicted octanol–water partition coefficient (Wildman–Crippen LogP) is 2.71. The summed E-state index contributed by atoms with van der Waals surface area (Å²) in [6.07, 6.45) is 8.14. The molecule has 2 aliphatic carbocycles. The molecule has 1 N–H and O–H groups in total. The van der Waals surface area contributed by atoms with Gasteiger partial charge in [-0.25, -0.2) is 4.98 Å². The third kappa shape index (κ3) is 2.54. The third-order valence-corrected chi connectivity index (χ3v) is 3.83. The van der Waals surface area contributed by atoms with Gasteiger partial charge >= 0.3 is 0 Å². The lowest BCUT2D eigenvalue weighted by molar-refractivity contribution is 0.413. The maximum absolute atomic E-state index is 4.33. The van der Waals surface area contributed by atoms with Gasteiger partial charge in [-0.15, -0.1) is 0 Å². The quantitative estimate of drug-likeness (QED) is 0.866. The van der Waals surface area contributed by atoms with Crippen molar-refractivity contribution in [2.75, 3.05) is 6.54 Å². The largest absolute Gasteiger partial charge is 0.331 e. The van der Waals surface area contributed by atoms with E-state index in [2.05, 4.69) is 41.8 Å². The van der Waals surface area contributed by atoms with Gasteiger partial charge < -0.3 is 9.88 Å². The molecule has 0 aromatic carbocycles. The monoisotopic (exact) mass is 233 g/mol. The van der Waals surface area contributed by atoms with Crippen LogP contribution in [-0.2, 0) is 0 Å². The second-order valence-corrected chi connectivity index (χ2v) is 6.69. The Balaban J connectivity index is 1.58. The highest BCUT2D eigenvalue weighted by Crippen LogP contribution is 2.49. The lowest BCUT2D eigenvalue weighted by Crippen LogP contribution is -2.37. The zero-order valence-corrected chi connectivity index (χ0v) is 11.1. The van der Waals surface area contributed by atoms with Gasteiger partial charge in [0.2, 0.25) is 0 Å². The number of nitrogens with zero attached hydrogens (tertiary/aromatic N) is 2. The van der Waals surface area contributed by atoms with Crippen molar-refractivity contribution < 1.29 is 0 Å². The first-order valence-electron chi connectivity index (χ1n) is 6.81. The molecule has 3 heteroatoms. The number of hydrogen-bond acceptors (Lipinski definition) is 2. The third-order valence-electron chi connectivity index (χ3n) is 3.83. The fraction of sp³-hybridized carbons (Fsp3) is 0.786. The Labute approximate surface area is 104 Å². The summed E-state index contributed by atoms with van der Waals surface area (Å²) in [4.78, 5) is 4.33. The SMILES string of the molecule is CC(C)(C)NCC1CC1c1cncn1C1CC1. The molecular formula is C14H23N3. The van der Waals surface area contributed by atoms with Crippen molar-refractivity contribution in [3.63, 3.8) is 0 Å². The van der Waals surface area contributed by atoms with E-state index in [0.717, 1.165) is 24.4 Å². The minimum Gasteiger partial charge on any atom is -0.331 e. The fourth-order valence-electron chi connectivity index (χ4n) is 2.53. The highest BCUT2D eigenvalue weighted by molar-refractivity contribution is 5.18. The fourth-order valence-corrected chi connectivity index (χ4v) is 2.53. The van der Waals surface area contributed by atoms with E-state index >= 15 is 0 Å². The molecule has 94 valence electrons. The van der Waals surface area contributed by atoms with E-state index in [0.29, 0.717) is 0 Å². The Hall–Kier alpha value is -0.830. The van der Waals surface area contributed by atoms with Crippen molar-refractivity contribution >= 4 is 0 Å². The Morgan fingerprint density at radius 1 is 1.41 bits per heavy atom. The van der Waals surface area contributed by atoms with Gasteiger partial charge in [0, 0.05) is 29.4 Å². The first-order valence-corrected chi connectivity index (χ1v) is 6.81. The zero-order chi connectivity index (χ0) is 12.0. The van der Waals surface area contributed by atoms with Crippen LogP contribution in [0.4, 0.5) is 0 Å². The average molecular weight is 233 g/mol. The summed E-state index contributed by atoms with van der Waals surface area (Å²) < 4.78 is 2.42. The molecule has 0 aliphatic heterocycles. The van der Waals surface area contributed by atoms with E-state index in [4.69, 9.17) is 0 Å². The molecule has 2 saturated carbocycles.